The lowest BCUT2D eigenvalue weighted by atomic mass is 10.2. The fourth-order valence-corrected chi connectivity index (χ4v) is 1.01. The first kappa shape index (κ1) is 14.9. The molecule has 0 rings (SSSR count). The molecule has 0 aliphatic heterocycles. The number of hydrogen-bond acceptors (Lipinski definition) is 5. The smallest absolute Gasteiger partial charge is 0.305 e. The highest BCUT2D eigenvalue weighted by Gasteiger charge is 2.09. The van der Waals surface area contributed by atoms with E-state index in [9.17, 15) is 9.59 Å². The molecule has 0 atom stereocenters. The van der Waals surface area contributed by atoms with Gasteiger partial charge in [0, 0.05) is 27.1 Å². The van der Waals surface area contributed by atoms with Gasteiger partial charge in [-0.2, -0.15) is 0 Å². The summed E-state index contributed by atoms with van der Waals surface area (Å²) in [4.78, 5) is 21.3. The summed E-state index contributed by atoms with van der Waals surface area (Å²) in [7, 11) is 2.91. The van der Waals surface area contributed by atoms with Crippen molar-refractivity contribution in [3.8, 4) is 0 Å². The van der Waals surface area contributed by atoms with E-state index in [1.807, 2.05) is 0 Å². The zero-order valence-corrected chi connectivity index (χ0v) is 9.60. The van der Waals surface area contributed by atoms with Crippen molar-refractivity contribution in [1.29, 1.82) is 0 Å². The van der Waals surface area contributed by atoms with Crippen LogP contribution in [0.2, 0.25) is 0 Å². The largest absolute Gasteiger partial charge is 0.481 e. The molecule has 94 valence electrons. The molecule has 0 fully saturated rings. The summed E-state index contributed by atoms with van der Waals surface area (Å²) in [5.41, 5.74) is 0. The molecule has 1 N–H and O–H groups in total. The maximum absolute atomic E-state index is 11.1. The van der Waals surface area contributed by atoms with E-state index in [4.69, 9.17) is 19.3 Å². The third kappa shape index (κ3) is 8.19. The van der Waals surface area contributed by atoms with Gasteiger partial charge in [0.15, 0.2) is 6.29 Å². The van der Waals surface area contributed by atoms with Gasteiger partial charge in [-0.1, -0.05) is 0 Å². The Bertz CT molecular complexity index is 211. The van der Waals surface area contributed by atoms with Gasteiger partial charge in [-0.3, -0.25) is 9.59 Å². The number of carboxylic acids is 1. The lowest BCUT2D eigenvalue weighted by molar-refractivity contribution is -0.166. The molecule has 0 aliphatic rings. The fourth-order valence-electron chi connectivity index (χ4n) is 1.01. The van der Waals surface area contributed by atoms with Crippen LogP contribution < -0.4 is 0 Å². The summed E-state index contributed by atoms with van der Waals surface area (Å²) in [6, 6.07) is 0. The first-order valence-corrected chi connectivity index (χ1v) is 5.03. The Kier molecular flexibility index (Phi) is 8.46. The average molecular weight is 234 g/mol. The minimum atomic E-state index is -0.854. The Hall–Kier alpha value is -1.14. The SMILES string of the molecule is COC(COC(=O)CCCCC(=O)O)OC. The molecule has 0 radical (unpaired) electrons. The summed E-state index contributed by atoms with van der Waals surface area (Å²) < 4.78 is 14.5. The number of esters is 1. The minimum Gasteiger partial charge on any atom is -0.481 e. The number of unbranched alkanes of at least 4 members (excludes halogenated alkanes) is 1. The van der Waals surface area contributed by atoms with Gasteiger partial charge < -0.3 is 19.3 Å². The van der Waals surface area contributed by atoms with Crippen LogP contribution in [-0.2, 0) is 23.8 Å². The summed E-state index contributed by atoms with van der Waals surface area (Å²) in [5.74, 6) is -1.23. The van der Waals surface area contributed by atoms with Gasteiger partial charge in [-0.15, -0.1) is 0 Å². The lowest BCUT2D eigenvalue weighted by Crippen LogP contribution is -2.22. The Morgan fingerprint density at radius 2 is 1.69 bits per heavy atom. The molecule has 0 aliphatic carbocycles. The number of aliphatic carboxylic acids is 1. The molecule has 0 saturated carbocycles. The molecule has 0 spiro atoms. The standard InChI is InChI=1S/C10H18O6/c1-14-10(15-2)7-16-9(13)6-4-3-5-8(11)12/h10H,3-7H2,1-2H3,(H,11,12). The molecule has 0 aromatic rings. The number of hydrogen-bond donors (Lipinski definition) is 1. The van der Waals surface area contributed by atoms with Crippen LogP contribution in [0.4, 0.5) is 0 Å². The Morgan fingerprint density at radius 3 is 2.19 bits per heavy atom. The summed E-state index contributed by atoms with van der Waals surface area (Å²) in [6.45, 7) is 0.0464. The molecule has 16 heavy (non-hydrogen) atoms. The highest BCUT2D eigenvalue weighted by Crippen LogP contribution is 2.02. The van der Waals surface area contributed by atoms with E-state index < -0.39 is 12.3 Å². The normalized spacial score (nSPS) is 10.4. The minimum absolute atomic E-state index is 0.0464. The third-order valence-electron chi connectivity index (χ3n) is 1.93. The zero-order chi connectivity index (χ0) is 12.4. The maximum atomic E-state index is 11.1. The highest BCUT2D eigenvalue weighted by atomic mass is 16.7. The average Bonchev–Trinajstić information content (AvgIpc) is 2.25. The lowest BCUT2D eigenvalue weighted by Gasteiger charge is -2.13. The zero-order valence-electron chi connectivity index (χ0n) is 9.60. The van der Waals surface area contributed by atoms with Gasteiger partial charge in [-0.25, -0.2) is 0 Å². The third-order valence-corrected chi connectivity index (χ3v) is 1.93. The predicted octanol–water partition coefficient (Wildman–Crippen LogP) is 0.793. The number of ether oxygens (including phenoxy) is 3. The fraction of sp³-hybridized carbons (Fsp3) is 0.800. The van der Waals surface area contributed by atoms with Crippen molar-refractivity contribution in [3.63, 3.8) is 0 Å². The number of carbonyl (C=O) groups is 2. The molecular formula is C10H18O6. The van der Waals surface area contributed by atoms with Crippen molar-refractivity contribution in [1.82, 2.24) is 0 Å². The van der Waals surface area contributed by atoms with Crippen molar-refractivity contribution in [2.75, 3.05) is 20.8 Å². The van der Waals surface area contributed by atoms with Gasteiger partial charge >= 0.3 is 11.9 Å². The highest BCUT2D eigenvalue weighted by molar-refractivity contribution is 5.69. The summed E-state index contributed by atoms with van der Waals surface area (Å²) >= 11 is 0. The quantitative estimate of drug-likeness (QED) is 0.361. The van der Waals surface area contributed by atoms with E-state index in [1.165, 1.54) is 14.2 Å². The maximum Gasteiger partial charge on any atom is 0.305 e. The molecule has 6 nitrogen and oxygen atoms in total. The molecule has 0 aromatic carbocycles. The monoisotopic (exact) mass is 234 g/mol. The van der Waals surface area contributed by atoms with Crippen molar-refractivity contribution in [3.05, 3.63) is 0 Å². The van der Waals surface area contributed by atoms with Crippen LogP contribution >= 0.6 is 0 Å². The van der Waals surface area contributed by atoms with E-state index >= 15 is 0 Å². The van der Waals surface area contributed by atoms with Crippen molar-refractivity contribution in [2.45, 2.75) is 32.0 Å². The first-order chi connectivity index (χ1) is 7.60. The second kappa shape index (κ2) is 9.11. The number of rotatable bonds is 9. The van der Waals surface area contributed by atoms with Gasteiger partial charge in [0.2, 0.25) is 0 Å². The molecule has 0 saturated heterocycles. The second-order valence-electron chi connectivity index (χ2n) is 3.18. The van der Waals surface area contributed by atoms with Crippen LogP contribution in [-0.4, -0.2) is 44.2 Å². The Balaban J connectivity index is 3.47. The molecule has 0 heterocycles. The summed E-state index contributed by atoms with van der Waals surface area (Å²) in [6.07, 6.45) is 0.723. The molecular weight excluding hydrogens is 216 g/mol. The van der Waals surface area contributed by atoms with E-state index in [0.29, 0.717) is 12.8 Å². The van der Waals surface area contributed by atoms with Crippen LogP contribution in [0.5, 0.6) is 0 Å². The van der Waals surface area contributed by atoms with Crippen molar-refractivity contribution < 1.29 is 28.9 Å². The summed E-state index contributed by atoms with van der Waals surface area (Å²) in [5, 5.41) is 8.37. The van der Waals surface area contributed by atoms with E-state index in [2.05, 4.69) is 0 Å². The van der Waals surface area contributed by atoms with E-state index in [1.54, 1.807) is 0 Å². The van der Waals surface area contributed by atoms with Gasteiger partial charge in [-0.05, 0) is 12.8 Å². The van der Waals surface area contributed by atoms with Crippen LogP contribution in [0.1, 0.15) is 25.7 Å². The molecule has 0 amide bonds. The number of methoxy groups -OCH3 is 2. The van der Waals surface area contributed by atoms with Crippen LogP contribution in [0.3, 0.4) is 0 Å². The van der Waals surface area contributed by atoms with Gasteiger partial charge in [0.25, 0.3) is 0 Å². The molecule has 0 bridgehead atoms. The van der Waals surface area contributed by atoms with Gasteiger partial charge in [0.05, 0.1) is 0 Å². The number of carbonyl (C=O) groups excluding carboxylic acids is 1. The Morgan fingerprint density at radius 1 is 1.12 bits per heavy atom. The Labute approximate surface area is 94.5 Å². The number of carboxylic acid groups (broad SMARTS) is 1. The van der Waals surface area contributed by atoms with E-state index in [0.717, 1.165) is 0 Å². The van der Waals surface area contributed by atoms with Crippen LogP contribution in [0, 0.1) is 0 Å². The topological polar surface area (TPSA) is 82.1 Å². The molecule has 0 unspecified atom stereocenters. The van der Waals surface area contributed by atoms with Crippen molar-refractivity contribution in [2.24, 2.45) is 0 Å². The van der Waals surface area contributed by atoms with Crippen LogP contribution in [0.25, 0.3) is 0 Å². The van der Waals surface area contributed by atoms with Crippen LogP contribution in [0.15, 0.2) is 0 Å². The molecule has 6 heteroatoms. The second-order valence-corrected chi connectivity index (χ2v) is 3.18. The van der Waals surface area contributed by atoms with E-state index in [-0.39, 0.29) is 25.4 Å². The molecule has 0 aromatic heterocycles. The van der Waals surface area contributed by atoms with Gasteiger partial charge in [0.1, 0.15) is 6.61 Å². The van der Waals surface area contributed by atoms with Crippen molar-refractivity contribution >= 4 is 11.9 Å². The predicted molar refractivity (Wildman–Crippen MR) is 54.9 cm³/mol. The first-order valence-electron chi connectivity index (χ1n) is 5.03.